The van der Waals surface area contributed by atoms with Crippen LogP contribution < -0.4 is 0 Å². The van der Waals surface area contributed by atoms with Crippen LogP contribution in [0.4, 0.5) is 0 Å². The fourth-order valence-corrected chi connectivity index (χ4v) is 9.17. The largest absolute Gasteiger partial charge is 0.465 e. The maximum atomic E-state index is 12.8. The summed E-state index contributed by atoms with van der Waals surface area (Å²) in [4.78, 5) is 30.2. The lowest BCUT2D eigenvalue weighted by Gasteiger charge is -2.27. The maximum absolute atomic E-state index is 12.8. The molecule has 0 amide bonds. The second kappa shape index (κ2) is 11.1. The number of fused-ring (bicyclic) bond motifs is 2. The third-order valence-electron chi connectivity index (χ3n) is 7.33. The molecule has 0 spiro atoms. The van der Waals surface area contributed by atoms with Crippen molar-refractivity contribution in [2.45, 2.75) is 19.3 Å². The summed E-state index contributed by atoms with van der Waals surface area (Å²) in [6.45, 7) is 0.746. The quantitative estimate of drug-likeness (QED) is 0.147. The first-order valence-electron chi connectivity index (χ1n) is 12.4. The molecule has 2 aliphatic rings. The van der Waals surface area contributed by atoms with E-state index in [0.717, 1.165) is 27.3 Å². The minimum atomic E-state index is -0.197. The van der Waals surface area contributed by atoms with Gasteiger partial charge in [-0.2, -0.15) is 0 Å². The standard InChI is InChI=1S/C29H26O4S4/c30-26(14-20-7-11-36-28(20)24-3-1-9-34-24)32-16-22-18-5-6-19(13-18)23(22)17-33-27(31)15-21-8-12-37-29(21)25-4-2-10-35-25/h1-12,18-19,22-23H,13-17H2/t18-,19+,22-,23+. The molecular formula is C29H26O4S4. The molecule has 0 aliphatic heterocycles. The topological polar surface area (TPSA) is 52.6 Å². The number of rotatable bonds is 10. The predicted molar refractivity (Wildman–Crippen MR) is 152 cm³/mol. The van der Waals surface area contributed by atoms with E-state index in [2.05, 4.69) is 35.0 Å². The first-order chi connectivity index (χ1) is 18.2. The molecule has 2 bridgehead atoms. The fraction of sp³-hybridized carbons (Fsp3) is 0.310. The third-order valence-corrected chi connectivity index (χ3v) is 11.3. The lowest BCUT2D eigenvalue weighted by Crippen LogP contribution is -2.30. The Morgan fingerprint density at radius 3 is 1.59 bits per heavy atom. The van der Waals surface area contributed by atoms with Gasteiger partial charge in [-0.1, -0.05) is 24.3 Å². The number of allylic oxidation sites excluding steroid dienone is 2. The molecule has 2 aliphatic carbocycles. The van der Waals surface area contributed by atoms with Gasteiger partial charge in [-0.15, -0.1) is 45.3 Å². The summed E-state index contributed by atoms with van der Waals surface area (Å²) >= 11 is 6.68. The molecule has 4 nitrogen and oxygen atoms in total. The molecule has 0 N–H and O–H groups in total. The average Bonchev–Trinajstić information content (AvgIpc) is 3.73. The van der Waals surface area contributed by atoms with Gasteiger partial charge in [0.2, 0.25) is 0 Å². The third kappa shape index (κ3) is 5.39. The molecule has 0 radical (unpaired) electrons. The second-order valence-electron chi connectivity index (χ2n) is 9.50. The van der Waals surface area contributed by atoms with Crippen LogP contribution in [0.3, 0.4) is 0 Å². The Morgan fingerprint density at radius 2 is 1.16 bits per heavy atom. The van der Waals surface area contributed by atoms with Crippen LogP contribution in [0.1, 0.15) is 17.5 Å². The molecule has 4 heterocycles. The summed E-state index contributed by atoms with van der Waals surface area (Å²) < 4.78 is 11.6. The molecular weight excluding hydrogens is 541 g/mol. The molecule has 1 fully saturated rings. The first-order valence-corrected chi connectivity index (χ1v) is 15.9. The maximum Gasteiger partial charge on any atom is 0.310 e. The Kier molecular flexibility index (Phi) is 7.42. The van der Waals surface area contributed by atoms with E-state index in [1.807, 2.05) is 35.0 Å². The van der Waals surface area contributed by atoms with E-state index in [4.69, 9.17) is 9.47 Å². The highest BCUT2D eigenvalue weighted by molar-refractivity contribution is 7.21. The van der Waals surface area contributed by atoms with Gasteiger partial charge in [0.1, 0.15) is 0 Å². The van der Waals surface area contributed by atoms with Gasteiger partial charge in [0.05, 0.1) is 26.1 Å². The zero-order chi connectivity index (χ0) is 25.2. The van der Waals surface area contributed by atoms with E-state index >= 15 is 0 Å². The monoisotopic (exact) mass is 566 g/mol. The number of ether oxygens (including phenoxy) is 2. The summed E-state index contributed by atoms with van der Waals surface area (Å²) in [5, 5.41) is 8.16. The molecule has 190 valence electrons. The van der Waals surface area contributed by atoms with Gasteiger partial charge in [-0.05, 0) is 75.2 Å². The number of hydrogen-bond donors (Lipinski definition) is 0. The zero-order valence-electron chi connectivity index (χ0n) is 20.0. The van der Waals surface area contributed by atoms with Crippen molar-refractivity contribution in [3.8, 4) is 19.5 Å². The molecule has 4 aromatic heterocycles. The Balaban J connectivity index is 1.03. The molecule has 0 aromatic carbocycles. The van der Waals surface area contributed by atoms with Crippen molar-refractivity contribution < 1.29 is 19.1 Å². The lowest BCUT2D eigenvalue weighted by molar-refractivity contribution is -0.149. The number of thiophene rings is 4. The summed E-state index contributed by atoms with van der Waals surface area (Å²) in [7, 11) is 0. The van der Waals surface area contributed by atoms with Gasteiger partial charge in [0, 0.05) is 31.3 Å². The van der Waals surface area contributed by atoms with Gasteiger partial charge >= 0.3 is 11.9 Å². The van der Waals surface area contributed by atoms with Crippen LogP contribution >= 0.6 is 45.3 Å². The van der Waals surface area contributed by atoms with Gasteiger partial charge in [-0.3, -0.25) is 9.59 Å². The number of hydrogen-bond acceptors (Lipinski definition) is 8. The summed E-state index contributed by atoms with van der Waals surface area (Å²) in [5.41, 5.74) is 2.04. The minimum absolute atomic E-state index is 0.189. The van der Waals surface area contributed by atoms with Crippen molar-refractivity contribution in [3.05, 3.63) is 81.2 Å². The van der Waals surface area contributed by atoms with E-state index in [1.54, 1.807) is 45.3 Å². The average molecular weight is 567 g/mol. The molecule has 8 heteroatoms. The molecule has 4 atom stereocenters. The van der Waals surface area contributed by atoms with Gasteiger partial charge in [0.25, 0.3) is 0 Å². The van der Waals surface area contributed by atoms with Crippen molar-refractivity contribution in [1.29, 1.82) is 0 Å². The Hall–Kier alpha value is -2.52. The molecule has 4 aromatic rings. The van der Waals surface area contributed by atoms with Gasteiger partial charge < -0.3 is 9.47 Å². The minimum Gasteiger partial charge on any atom is -0.465 e. The van der Waals surface area contributed by atoms with Crippen molar-refractivity contribution in [3.63, 3.8) is 0 Å². The van der Waals surface area contributed by atoms with Crippen LogP contribution in [0.5, 0.6) is 0 Å². The Labute approximate surface area is 232 Å². The SMILES string of the molecule is O=C(Cc1ccsc1-c1cccs1)OC[C@@H]1[C@H](COC(=O)Cc2ccsc2-c2cccs2)[C@@H]2C=C[C@H]1C2. The fourth-order valence-electron chi connectivity index (χ4n) is 5.51. The van der Waals surface area contributed by atoms with Crippen molar-refractivity contribution in [2.75, 3.05) is 13.2 Å². The van der Waals surface area contributed by atoms with Crippen molar-refractivity contribution >= 4 is 57.3 Å². The molecule has 1 saturated carbocycles. The highest BCUT2D eigenvalue weighted by atomic mass is 32.1. The van der Waals surface area contributed by atoms with Gasteiger partial charge in [-0.25, -0.2) is 0 Å². The van der Waals surface area contributed by atoms with Crippen LogP contribution in [0.15, 0.2) is 70.1 Å². The summed E-state index contributed by atoms with van der Waals surface area (Å²) in [6, 6.07) is 12.3. The molecule has 37 heavy (non-hydrogen) atoms. The van der Waals surface area contributed by atoms with Gasteiger partial charge in [0.15, 0.2) is 0 Å². The van der Waals surface area contributed by atoms with Crippen LogP contribution in [-0.2, 0) is 31.9 Å². The van der Waals surface area contributed by atoms with E-state index in [0.29, 0.717) is 25.0 Å². The predicted octanol–water partition coefficient (Wildman–Crippen LogP) is 7.58. The highest BCUT2D eigenvalue weighted by Gasteiger charge is 2.45. The van der Waals surface area contributed by atoms with E-state index in [9.17, 15) is 9.59 Å². The van der Waals surface area contributed by atoms with E-state index in [-0.39, 0.29) is 36.6 Å². The number of esters is 2. The first kappa shape index (κ1) is 24.8. The molecule has 6 rings (SSSR count). The number of carbonyl (C=O) groups is 2. The highest BCUT2D eigenvalue weighted by Crippen LogP contribution is 2.48. The zero-order valence-corrected chi connectivity index (χ0v) is 23.3. The van der Waals surface area contributed by atoms with Crippen LogP contribution in [0.25, 0.3) is 19.5 Å². The second-order valence-corrected chi connectivity index (χ2v) is 13.2. The van der Waals surface area contributed by atoms with Crippen molar-refractivity contribution in [2.24, 2.45) is 23.7 Å². The Morgan fingerprint density at radius 1 is 0.676 bits per heavy atom. The summed E-state index contributed by atoms with van der Waals surface area (Å²) in [5.74, 6) is 0.746. The van der Waals surface area contributed by atoms with E-state index in [1.165, 1.54) is 9.75 Å². The smallest absolute Gasteiger partial charge is 0.310 e. The van der Waals surface area contributed by atoms with Crippen LogP contribution in [0.2, 0.25) is 0 Å². The molecule has 0 saturated heterocycles. The Bertz CT molecular complexity index is 1270. The van der Waals surface area contributed by atoms with E-state index < -0.39 is 0 Å². The normalized spacial score (nSPS) is 21.9. The molecule has 0 unspecified atom stereocenters. The van der Waals surface area contributed by atoms with Crippen molar-refractivity contribution in [1.82, 2.24) is 0 Å². The van der Waals surface area contributed by atoms with Crippen LogP contribution in [-0.4, -0.2) is 25.2 Å². The van der Waals surface area contributed by atoms with Crippen LogP contribution in [0, 0.1) is 23.7 Å². The number of carbonyl (C=O) groups excluding carboxylic acids is 2. The summed E-state index contributed by atoms with van der Waals surface area (Å²) in [6.07, 6.45) is 6.09. The lowest BCUT2D eigenvalue weighted by atomic mass is 9.84.